The van der Waals surface area contributed by atoms with E-state index in [1.54, 1.807) is 23.6 Å². The molecule has 0 bridgehead atoms. The van der Waals surface area contributed by atoms with Gasteiger partial charge in [-0.3, -0.25) is 14.5 Å². The number of amides is 1. The van der Waals surface area contributed by atoms with Crippen molar-refractivity contribution in [2.24, 2.45) is 17.0 Å². The van der Waals surface area contributed by atoms with Gasteiger partial charge in [0.05, 0.1) is 23.8 Å². The molecule has 3 aliphatic rings. The van der Waals surface area contributed by atoms with Gasteiger partial charge < -0.3 is 10.0 Å². The highest BCUT2D eigenvalue weighted by molar-refractivity contribution is 8.03. The van der Waals surface area contributed by atoms with Crippen molar-refractivity contribution in [1.82, 2.24) is 14.5 Å². The number of aliphatic hydroxyl groups excluding tert-OH is 1. The smallest absolute Gasteiger partial charge is 0.274 e. The molecule has 3 aliphatic heterocycles. The van der Waals surface area contributed by atoms with Crippen LogP contribution in [-0.4, -0.2) is 72.0 Å². The number of hydrogen-bond donors (Lipinski definition) is 3. The minimum atomic E-state index is -3.82. The topological polar surface area (TPSA) is 133 Å². The predicted molar refractivity (Wildman–Crippen MR) is 135 cm³/mol. The lowest BCUT2D eigenvalue weighted by atomic mass is 9.79. The molecule has 0 aliphatic carbocycles. The molecule has 35 heavy (non-hydrogen) atoms. The summed E-state index contributed by atoms with van der Waals surface area (Å²) in [5.74, 6) is -0.742. The van der Waals surface area contributed by atoms with Crippen LogP contribution in [0.15, 0.2) is 28.8 Å². The molecule has 2 fully saturated rings. The van der Waals surface area contributed by atoms with Crippen molar-refractivity contribution in [3.63, 3.8) is 0 Å². The number of hydrogen-bond acceptors (Lipinski definition) is 7. The van der Waals surface area contributed by atoms with Gasteiger partial charge in [-0.05, 0) is 32.8 Å². The predicted octanol–water partition coefficient (Wildman–Crippen LogP) is 1.04. The first-order valence-corrected chi connectivity index (χ1v) is 14.3. The lowest BCUT2D eigenvalue weighted by Crippen LogP contribution is -2.63. The molecular weight excluding hydrogens is 488 g/mol. The largest absolute Gasteiger partial charge is 0.393 e. The molecule has 192 valence electrons. The number of aldehydes is 1. The first-order valence-electron chi connectivity index (χ1n) is 11.8. The summed E-state index contributed by atoms with van der Waals surface area (Å²) in [5.41, 5.74) is 3.91. The fourth-order valence-electron chi connectivity index (χ4n) is 5.84. The summed E-state index contributed by atoms with van der Waals surface area (Å²) in [5, 5.41) is 15.4. The number of likely N-dealkylation sites (tertiary alicyclic amines) is 1. The second kappa shape index (κ2) is 9.95. The minimum Gasteiger partial charge on any atom is -0.393 e. The highest BCUT2D eigenvalue weighted by Crippen LogP contribution is 2.51. The third kappa shape index (κ3) is 5.35. The Kier molecular flexibility index (Phi) is 7.48. The molecule has 3 heterocycles. The monoisotopic (exact) mass is 522 g/mol. The number of carbonyl (C=O) groups is 2. The second-order valence-electron chi connectivity index (χ2n) is 10.1. The van der Waals surface area contributed by atoms with Gasteiger partial charge in [-0.1, -0.05) is 36.2 Å². The number of aryl methyl sites for hydroxylation is 2. The first-order chi connectivity index (χ1) is 16.4. The number of nitrogens with zero attached hydrogens (tertiary/aromatic N) is 2. The van der Waals surface area contributed by atoms with Crippen LogP contribution in [-0.2, 0) is 26.3 Å². The van der Waals surface area contributed by atoms with E-state index < -0.39 is 22.2 Å². The van der Waals surface area contributed by atoms with E-state index in [1.807, 2.05) is 6.92 Å². The Balaban J connectivity index is 1.53. The van der Waals surface area contributed by atoms with Crippen molar-refractivity contribution in [3.05, 3.63) is 45.5 Å². The van der Waals surface area contributed by atoms with Crippen LogP contribution in [0.3, 0.4) is 0 Å². The molecule has 2 saturated heterocycles. The zero-order valence-electron chi connectivity index (χ0n) is 20.5. The zero-order chi connectivity index (χ0) is 25.7. The number of allylic oxidation sites excluding steroid dienone is 1. The number of fused-ring (bicyclic) bond motifs is 1. The molecule has 4 rings (SSSR count). The van der Waals surface area contributed by atoms with Crippen LogP contribution in [0.25, 0.3) is 0 Å². The average Bonchev–Trinajstić information content (AvgIpc) is 3.21. The highest BCUT2D eigenvalue weighted by Gasteiger charge is 2.58. The van der Waals surface area contributed by atoms with Gasteiger partial charge in [0, 0.05) is 41.7 Å². The van der Waals surface area contributed by atoms with E-state index in [1.165, 1.54) is 11.1 Å². The van der Waals surface area contributed by atoms with Crippen molar-refractivity contribution in [1.29, 1.82) is 0 Å². The van der Waals surface area contributed by atoms with Crippen molar-refractivity contribution >= 4 is 34.2 Å². The van der Waals surface area contributed by atoms with Gasteiger partial charge >= 0.3 is 0 Å². The molecule has 0 aromatic heterocycles. The third-order valence-electron chi connectivity index (χ3n) is 7.23. The van der Waals surface area contributed by atoms with E-state index in [0.717, 1.165) is 16.8 Å². The van der Waals surface area contributed by atoms with Crippen LogP contribution in [0.1, 0.15) is 37.0 Å². The van der Waals surface area contributed by atoms with Crippen molar-refractivity contribution in [3.8, 4) is 0 Å². The molecule has 0 spiro atoms. The van der Waals surface area contributed by atoms with Gasteiger partial charge in [0.2, 0.25) is 5.91 Å². The number of nitrogens with two attached hydrogens (primary N) is 1. The molecule has 0 radical (unpaired) electrons. The van der Waals surface area contributed by atoms with E-state index in [-0.39, 0.29) is 35.7 Å². The van der Waals surface area contributed by atoms with Crippen molar-refractivity contribution in [2.75, 3.05) is 13.1 Å². The summed E-state index contributed by atoms with van der Waals surface area (Å²) in [6, 6.07) is 6.13. The maximum atomic E-state index is 12.6. The van der Waals surface area contributed by atoms with Crippen LogP contribution in [0.4, 0.5) is 0 Å². The molecule has 1 amide bonds. The SMILES string of the molecule is Cc1cc(C)cc(CN2C[C@@H](SC3=C(C=O)N4C(=O)[C@H]([C@@H](C)O)[C@H]4[C@H]3C)C[C@H]2CNS(N)(=O)=O)c1. The number of β-lactam (4-membered cyclic amide) rings is 1. The van der Waals surface area contributed by atoms with Crippen molar-refractivity contribution < 1.29 is 23.1 Å². The van der Waals surface area contributed by atoms with E-state index in [2.05, 4.69) is 41.7 Å². The molecule has 0 unspecified atom stereocenters. The molecule has 0 saturated carbocycles. The first kappa shape index (κ1) is 26.3. The van der Waals surface area contributed by atoms with E-state index >= 15 is 0 Å². The molecule has 11 heteroatoms. The highest BCUT2D eigenvalue weighted by atomic mass is 32.2. The normalized spacial score (nSPS) is 29.9. The van der Waals surface area contributed by atoms with Gasteiger partial charge in [0.15, 0.2) is 6.29 Å². The summed E-state index contributed by atoms with van der Waals surface area (Å²) in [4.78, 5) is 29.2. The fourth-order valence-corrected chi connectivity index (χ4v) is 7.83. The van der Waals surface area contributed by atoms with Gasteiger partial charge in [-0.2, -0.15) is 8.42 Å². The van der Waals surface area contributed by atoms with E-state index in [4.69, 9.17) is 5.14 Å². The molecule has 6 atom stereocenters. The van der Waals surface area contributed by atoms with Crippen LogP contribution in [0.5, 0.6) is 0 Å². The third-order valence-corrected chi connectivity index (χ3v) is 9.31. The van der Waals surface area contributed by atoms with Crippen molar-refractivity contribution in [2.45, 2.75) is 64.1 Å². The quantitative estimate of drug-likeness (QED) is 0.326. The number of carbonyl (C=O) groups excluding carboxylic acids is 2. The van der Waals surface area contributed by atoms with Crippen LogP contribution in [0, 0.1) is 25.7 Å². The van der Waals surface area contributed by atoms with Gasteiger partial charge in [-0.15, -0.1) is 11.8 Å². The average molecular weight is 523 g/mol. The van der Waals surface area contributed by atoms with Gasteiger partial charge in [0.25, 0.3) is 10.2 Å². The Bertz CT molecular complexity index is 1130. The van der Waals surface area contributed by atoms with E-state index in [9.17, 15) is 23.1 Å². The second-order valence-corrected chi connectivity index (χ2v) is 12.8. The fraction of sp³-hybridized carbons (Fsp3) is 0.583. The molecule has 4 N–H and O–H groups in total. The van der Waals surface area contributed by atoms with Gasteiger partial charge in [0.1, 0.15) is 0 Å². The lowest BCUT2D eigenvalue weighted by Gasteiger charge is -2.46. The molecule has 1 aromatic carbocycles. The zero-order valence-corrected chi connectivity index (χ0v) is 22.1. The number of nitrogens with one attached hydrogen (secondary N) is 1. The number of rotatable bonds is 9. The summed E-state index contributed by atoms with van der Waals surface area (Å²) in [6.07, 6.45) is 0.688. The maximum absolute atomic E-state index is 12.6. The Labute approximate surface area is 211 Å². The number of thioether (sulfide) groups is 1. The lowest BCUT2D eigenvalue weighted by molar-refractivity contribution is -0.160. The molecule has 9 nitrogen and oxygen atoms in total. The maximum Gasteiger partial charge on any atom is 0.274 e. The Morgan fingerprint density at radius 3 is 2.51 bits per heavy atom. The standard InChI is InChI=1S/C24H34N4O5S2/c1-13-5-14(2)7-17(6-13)10-27-11-19(8-18(27)9-26-35(25,32)33)34-23-15(3)22-21(16(4)30)24(31)28(22)20(23)12-29/h5-7,12,15-16,18-19,21-22,26,30H,8-11H2,1-4H3,(H2,25,32,33)/t15-,16-,18+,19+,21-,22-/m1/s1. The van der Waals surface area contributed by atoms with Gasteiger partial charge in [-0.25, -0.2) is 9.86 Å². The number of aliphatic hydroxyl groups is 1. The van der Waals surface area contributed by atoms with Crippen LogP contribution < -0.4 is 9.86 Å². The molecule has 1 aromatic rings. The Morgan fingerprint density at radius 1 is 1.29 bits per heavy atom. The summed E-state index contributed by atoms with van der Waals surface area (Å²) in [7, 11) is -3.82. The minimum absolute atomic E-state index is 0.0491. The summed E-state index contributed by atoms with van der Waals surface area (Å²) < 4.78 is 25.6. The van der Waals surface area contributed by atoms with E-state index in [0.29, 0.717) is 25.2 Å². The Morgan fingerprint density at radius 2 is 1.94 bits per heavy atom. The summed E-state index contributed by atoms with van der Waals surface area (Å²) in [6.45, 7) is 9.30. The van der Waals surface area contributed by atoms with Crippen LogP contribution >= 0.6 is 11.8 Å². The Hall–Kier alpha value is -1.76. The summed E-state index contributed by atoms with van der Waals surface area (Å²) >= 11 is 1.60. The molecular formula is C24H34N4O5S2. The van der Waals surface area contributed by atoms with Crippen LogP contribution in [0.2, 0.25) is 0 Å². The number of benzene rings is 1.